The van der Waals surface area contributed by atoms with Gasteiger partial charge in [-0.05, 0) is 12.8 Å². The van der Waals surface area contributed by atoms with Gasteiger partial charge in [-0.15, -0.1) is 0 Å². The van der Waals surface area contributed by atoms with E-state index in [0.717, 1.165) is 38.0 Å². The largest absolute Gasteiger partial charge is 0.387 e. The maximum atomic E-state index is 10.6. The summed E-state index contributed by atoms with van der Waals surface area (Å²) in [6.45, 7) is 0.888. The van der Waals surface area contributed by atoms with Gasteiger partial charge in [-0.2, -0.15) is 0 Å². The molecule has 5 nitrogen and oxygen atoms in total. The Morgan fingerprint density at radius 1 is 1.00 bits per heavy atom. The Balaban J connectivity index is 0.000000151. The van der Waals surface area contributed by atoms with Crippen LogP contribution < -0.4 is 5.32 Å². The monoisotopic (exact) mass is 211 g/mol. The average molecular weight is 211 g/mol. The molecule has 2 aliphatic heterocycles. The fourth-order valence-electron chi connectivity index (χ4n) is 1.21. The Bertz CT molecular complexity index is 270. The van der Waals surface area contributed by atoms with Gasteiger partial charge in [0, 0.05) is 25.1 Å². The smallest absolute Gasteiger partial charge is 0.338 e. The Morgan fingerprint density at radius 3 is 2.20 bits per heavy atom. The van der Waals surface area contributed by atoms with E-state index in [2.05, 4.69) is 10.1 Å². The molecule has 5 heteroatoms. The molecule has 0 aliphatic carbocycles. The molecule has 1 saturated heterocycles. The van der Waals surface area contributed by atoms with E-state index in [1.54, 1.807) is 0 Å². The lowest BCUT2D eigenvalue weighted by Gasteiger charge is -1.93. The van der Waals surface area contributed by atoms with Crippen molar-refractivity contribution in [1.29, 1.82) is 0 Å². The number of rotatable bonds is 0. The molecule has 0 spiro atoms. The van der Waals surface area contributed by atoms with Gasteiger partial charge in [0.05, 0.1) is 0 Å². The Kier molecular flexibility index (Phi) is 4.53. The van der Waals surface area contributed by atoms with Gasteiger partial charge >= 0.3 is 11.9 Å². The maximum Gasteiger partial charge on any atom is 0.338 e. The molecule has 82 valence electrons. The standard InChI is InChI=1S/C6H11NO.C4H2O3/c8-6-4-2-1-3-5-7-6;5-3-1-2-4(6)7-3/h1-5H2,(H,7,8);1-2H. The Morgan fingerprint density at radius 2 is 1.67 bits per heavy atom. The van der Waals surface area contributed by atoms with Gasteiger partial charge in [0.15, 0.2) is 0 Å². The molecule has 2 aliphatic rings. The fraction of sp³-hybridized carbons (Fsp3) is 0.500. The molecule has 0 bridgehead atoms. The summed E-state index contributed by atoms with van der Waals surface area (Å²) in [7, 11) is 0. The molecule has 0 unspecified atom stereocenters. The quantitative estimate of drug-likeness (QED) is 0.462. The number of esters is 2. The van der Waals surface area contributed by atoms with Crippen LogP contribution in [0.5, 0.6) is 0 Å². The van der Waals surface area contributed by atoms with Crippen LogP contribution in [-0.4, -0.2) is 24.4 Å². The van der Waals surface area contributed by atoms with E-state index in [0.29, 0.717) is 0 Å². The molecule has 0 atom stereocenters. The molecule has 2 heterocycles. The Labute approximate surface area is 87.5 Å². The van der Waals surface area contributed by atoms with Crippen molar-refractivity contribution in [3.8, 4) is 0 Å². The number of ether oxygens (including phenoxy) is 1. The summed E-state index contributed by atoms with van der Waals surface area (Å²) in [5.41, 5.74) is 0. The molecule has 1 N–H and O–H groups in total. The lowest BCUT2D eigenvalue weighted by atomic mass is 10.2. The van der Waals surface area contributed by atoms with Gasteiger partial charge in [0.2, 0.25) is 5.91 Å². The molecule has 1 amide bonds. The summed E-state index contributed by atoms with van der Waals surface area (Å²) >= 11 is 0. The van der Waals surface area contributed by atoms with Crippen LogP contribution in [0.15, 0.2) is 12.2 Å². The number of nitrogens with one attached hydrogen (secondary N) is 1. The minimum Gasteiger partial charge on any atom is -0.387 e. The SMILES string of the molecule is O=C1C=CC(=O)O1.O=C1CCCCCN1. The second-order valence-corrected chi connectivity index (χ2v) is 3.23. The van der Waals surface area contributed by atoms with Crippen molar-refractivity contribution >= 4 is 17.8 Å². The molecule has 0 saturated carbocycles. The highest BCUT2D eigenvalue weighted by Crippen LogP contribution is 2.02. The van der Waals surface area contributed by atoms with Crippen LogP contribution in [0.4, 0.5) is 0 Å². The maximum absolute atomic E-state index is 10.6. The van der Waals surface area contributed by atoms with Crippen LogP contribution in [-0.2, 0) is 19.1 Å². The van der Waals surface area contributed by atoms with Crippen molar-refractivity contribution in [3.05, 3.63) is 12.2 Å². The minimum absolute atomic E-state index is 0.225. The van der Waals surface area contributed by atoms with Crippen molar-refractivity contribution in [1.82, 2.24) is 5.32 Å². The second kappa shape index (κ2) is 5.95. The highest BCUT2D eigenvalue weighted by atomic mass is 16.6. The normalized spacial score (nSPS) is 19.9. The van der Waals surface area contributed by atoms with E-state index < -0.39 is 11.9 Å². The predicted molar refractivity (Wildman–Crippen MR) is 51.7 cm³/mol. The summed E-state index contributed by atoms with van der Waals surface area (Å²) in [4.78, 5) is 30.4. The van der Waals surface area contributed by atoms with Gasteiger partial charge in [-0.3, -0.25) is 4.79 Å². The van der Waals surface area contributed by atoms with Crippen molar-refractivity contribution in [3.63, 3.8) is 0 Å². The van der Waals surface area contributed by atoms with Gasteiger partial charge in [0.1, 0.15) is 0 Å². The zero-order chi connectivity index (χ0) is 11.1. The highest BCUT2D eigenvalue weighted by molar-refractivity contribution is 6.04. The fourth-order valence-corrected chi connectivity index (χ4v) is 1.21. The third kappa shape index (κ3) is 4.95. The van der Waals surface area contributed by atoms with Crippen molar-refractivity contribution < 1.29 is 19.1 Å². The molecular weight excluding hydrogens is 198 g/mol. The number of carbonyl (C=O) groups excluding carboxylic acids is 3. The molecule has 0 aromatic rings. The zero-order valence-corrected chi connectivity index (χ0v) is 8.32. The number of hydrogen-bond acceptors (Lipinski definition) is 4. The van der Waals surface area contributed by atoms with Crippen LogP contribution in [0.25, 0.3) is 0 Å². The first-order valence-corrected chi connectivity index (χ1v) is 4.89. The van der Waals surface area contributed by atoms with E-state index >= 15 is 0 Å². The van der Waals surface area contributed by atoms with Gasteiger partial charge < -0.3 is 10.1 Å². The lowest BCUT2D eigenvalue weighted by Crippen LogP contribution is -2.21. The first-order chi connectivity index (χ1) is 7.18. The summed E-state index contributed by atoms with van der Waals surface area (Å²) in [6, 6.07) is 0. The molecular formula is C10H13NO4. The van der Waals surface area contributed by atoms with Crippen LogP contribution in [0, 0.1) is 0 Å². The Hall–Kier alpha value is -1.65. The van der Waals surface area contributed by atoms with Gasteiger partial charge in [0.25, 0.3) is 0 Å². The average Bonchev–Trinajstić information content (AvgIpc) is 2.44. The van der Waals surface area contributed by atoms with Crippen molar-refractivity contribution in [2.45, 2.75) is 25.7 Å². The topological polar surface area (TPSA) is 72.5 Å². The second-order valence-electron chi connectivity index (χ2n) is 3.23. The third-order valence-electron chi connectivity index (χ3n) is 1.96. The van der Waals surface area contributed by atoms with Crippen LogP contribution in [0.3, 0.4) is 0 Å². The van der Waals surface area contributed by atoms with Gasteiger partial charge in [-0.25, -0.2) is 9.59 Å². The van der Waals surface area contributed by atoms with Crippen molar-refractivity contribution in [2.24, 2.45) is 0 Å². The molecule has 0 aromatic carbocycles. The number of carbonyl (C=O) groups is 3. The number of cyclic esters (lactones) is 2. The van der Waals surface area contributed by atoms with E-state index in [1.165, 1.54) is 6.42 Å². The van der Waals surface area contributed by atoms with Gasteiger partial charge in [-0.1, -0.05) is 6.42 Å². The molecule has 0 aromatic heterocycles. The van der Waals surface area contributed by atoms with E-state index in [9.17, 15) is 14.4 Å². The van der Waals surface area contributed by atoms with E-state index in [4.69, 9.17) is 0 Å². The van der Waals surface area contributed by atoms with E-state index in [1.807, 2.05) is 0 Å². The number of hydrogen-bond donors (Lipinski definition) is 1. The zero-order valence-electron chi connectivity index (χ0n) is 8.32. The summed E-state index contributed by atoms with van der Waals surface area (Å²) in [5.74, 6) is -0.933. The lowest BCUT2D eigenvalue weighted by molar-refractivity contribution is -0.150. The van der Waals surface area contributed by atoms with Crippen LogP contribution in [0.2, 0.25) is 0 Å². The van der Waals surface area contributed by atoms with E-state index in [-0.39, 0.29) is 5.91 Å². The van der Waals surface area contributed by atoms with Crippen LogP contribution >= 0.6 is 0 Å². The first-order valence-electron chi connectivity index (χ1n) is 4.89. The summed E-state index contributed by atoms with van der Waals surface area (Å²) < 4.78 is 3.97. The molecule has 0 radical (unpaired) electrons. The van der Waals surface area contributed by atoms with Crippen LogP contribution in [0.1, 0.15) is 25.7 Å². The summed E-state index contributed by atoms with van der Waals surface area (Å²) in [6.07, 6.45) is 6.35. The number of amides is 1. The first kappa shape index (κ1) is 11.4. The highest BCUT2D eigenvalue weighted by Gasteiger charge is 2.10. The van der Waals surface area contributed by atoms with Crippen molar-refractivity contribution in [2.75, 3.05) is 6.54 Å². The predicted octanol–water partition coefficient (Wildman–Crippen LogP) is 0.303. The molecule has 15 heavy (non-hydrogen) atoms. The molecule has 1 fully saturated rings. The third-order valence-corrected chi connectivity index (χ3v) is 1.96. The molecule has 2 rings (SSSR count). The summed E-state index contributed by atoms with van der Waals surface area (Å²) in [5, 5.41) is 2.81. The minimum atomic E-state index is -0.579.